The Morgan fingerprint density at radius 2 is 2.15 bits per heavy atom. The fourth-order valence-corrected chi connectivity index (χ4v) is 1.76. The summed E-state index contributed by atoms with van der Waals surface area (Å²) < 4.78 is 5.45. The molecule has 1 aromatic heterocycles. The minimum absolute atomic E-state index is 0.0775. The van der Waals surface area contributed by atoms with Gasteiger partial charge in [-0.15, -0.1) is 0 Å². The van der Waals surface area contributed by atoms with Gasteiger partial charge < -0.3 is 10.5 Å². The number of hydrogen-bond acceptors (Lipinski definition) is 5. The van der Waals surface area contributed by atoms with Gasteiger partial charge >= 0.3 is 5.69 Å². The van der Waals surface area contributed by atoms with Gasteiger partial charge in [0.15, 0.2) is 0 Å². The zero-order valence-electron chi connectivity index (χ0n) is 10.6. The molecule has 7 heteroatoms. The third-order valence-electron chi connectivity index (χ3n) is 2.62. The van der Waals surface area contributed by atoms with Crippen molar-refractivity contribution < 1.29 is 9.66 Å². The van der Waals surface area contributed by atoms with Gasteiger partial charge in [0.2, 0.25) is 11.6 Å². The molecular formula is C13H12ClN3O3. The lowest BCUT2D eigenvalue weighted by Crippen LogP contribution is -2.05. The Hall–Kier alpha value is -2.18. The zero-order valence-corrected chi connectivity index (χ0v) is 11.4. The normalized spacial score (nSPS) is 11.9. The Kier molecular flexibility index (Phi) is 4.16. The van der Waals surface area contributed by atoms with E-state index in [0.717, 1.165) is 5.56 Å². The van der Waals surface area contributed by atoms with Crippen LogP contribution >= 0.6 is 11.6 Å². The molecule has 0 aliphatic heterocycles. The Bertz CT molecular complexity index is 647. The molecule has 20 heavy (non-hydrogen) atoms. The standard InChI is InChI=1S/C13H12ClN3O3/c1-8(15)9-4-5-16-13(6-9)20-12-3-2-10(14)7-11(12)17(18)19/h2-8H,15H2,1H3/t8-/m0/s1. The zero-order chi connectivity index (χ0) is 14.7. The quantitative estimate of drug-likeness (QED) is 0.688. The molecule has 0 aliphatic rings. The van der Waals surface area contributed by atoms with Crippen LogP contribution in [0.5, 0.6) is 11.6 Å². The number of halogens is 1. The lowest BCUT2D eigenvalue weighted by atomic mass is 10.1. The number of nitro benzene ring substituents is 1. The summed E-state index contributed by atoms with van der Waals surface area (Å²) in [5, 5.41) is 11.2. The van der Waals surface area contributed by atoms with Crippen LogP contribution in [0.2, 0.25) is 5.02 Å². The molecule has 0 spiro atoms. The van der Waals surface area contributed by atoms with Gasteiger partial charge in [0.1, 0.15) is 0 Å². The van der Waals surface area contributed by atoms with Crippen LogP contribution in [-0.2, 0) is 0 Å². The number of nitrogens with two attached hydrogens (primary N) is 1. The first-order valence-electron chi connectivity index (χ1n) is 5.80. The smallest absolute Gasteiger partial charge is 0.313 e. The number of hydrogen-bond donors (Lipinski definition) is 1. The SMILES string of the molecule is C[C@H](N)c1ccnc(Oc2ccc(Cl)cc2[N+](=O)[O-])c1. The van der Waals surface area contributed by atoms with Gasteiger partial charge in [0, 0.05) is 29.4 Å². The highest BCUT2D eigenvalue weighted by atomic mass is 35.5. The second-order valence-corrected chi connectivity index (χ2v) is 4.62. The Morgan fingerprint density at radius 1 is 1.40 bits per heavy atom. The van der Waals surface area contributed by atoms with Crippen molar-refractivity contribution >= 4 is 17.3 Å². The fourth-order valence-electron chi connectivity index (χ4n) is 1.60. The van der Waals surface area contributed by atoms with E-state index in [1.165, 1.54) is 24.4 Å². The van der Waals surface area contributed by atoms with Gasteiger partial charge in [0.05, 0.1) is 4.92 Å². The van der Waals surface area contributed by atoms with Crippen molar-refractivity contribution in [2.24, 2.45) is 5.73 Å². The van der Waals surface area contributed by atoms with Gasteiger partial charge in [-0.3, -0.25) is 10.1 Å². The average Bonchev–Trinajstić information content (AvgIpc) is 2.41. The van der Waals surface area contributed by atoms with Gasteiger partial charge in [-0.25, -0.2) is 4.98 Å². The maximum absolute atomic E-state index is 11.0. The predicted octanol–water partition coefficient (Wildman–Crippen LogP) is 3.46. The number of aromatic nitrogens is 1. The molecule has 0 bridgehead atoms. The first-order chi connectivity index (χ1) is 9.47. The molecule has 0 radical (unpaired) electrons. The highest BCUT2D eigenvalue weighted by Gasteiger charge is 2.17. The molecule has 1 atom stereocenters. The third-order valence-corrected chi connectivity index (χ3v) is 2.85. The van der Waals surface area contributed by atoms with Crippen molar-refractivity contribution in [1.29, 1.82) is 0 Å². The predicted molar refractivity (Wildman–Crippen MR) is 75.0 cm³/mol. The van der Waals surface area contributed by atoms with Gasteiger partial charge in [0.25, 0.3) is 0 Å². The van der Waals surface area contributed by atoms with E-state index in [2.05, 4.69) is 4.98 Å². The molecule has 2 N–H and O–H groups in total. The minimum Gasteiger partial charge on any atom is -0.432 e. The van der Waals surface area contributed by atoms with Crippen molar-refractivity contribution in [3.8, 4) is 11.6 Å². The second-order valence-electron chi connectivity index (χ2n) is 4.19. The summed E-state index contributed by atoms with van der Waals surface area (Å²) in [6.45, 7) is 1.82. The van der Waals surface area contributed by atoms with Gasteiger partial charge in [-0.1, -0.05) is 11.6 Å². The number of benzene rings is 1. The molecule has 0 fully saturated rings. The van der Waals surface area contributed by atoms with E-state index in [1.54, 1.807) is 12.1 Å². The monoisotopic (exact) mass is 293 g/mol. The van der Waals surface area contributed by atoms with Crippen molar-refractivity contribution in [3.63, 3.8) is 0 Å². The molecule has 0 aliphatic carbocycles. The van der Waals surface area contributed by atoms with Crippen molar-refractivity contribution in [2.45, 2.75) is 13.0 Å². The second kappa shape index (κ2) is 5.85. The molecular weight excluding hydrogens is 282 g/mol. The van der Waals surface area contributed by atoms with E-state index in [-0.39, 0.29) is 28.4 Å². The lowest BCUT2D eigenvalue weighted by molar-refractivity contribution is -0.385. The summed E-state index contributed by atoms with van der Waals surface area (Å²) in [7, 11) is 0. The van der Waals surface area contributed by atoms with Crippen LogP contribution in [0.15, 0.2) is 36.5 Å². The molecule has 0 saturated carbocycles. The number of pyridine rings is 1. The summed E-state index contributed by atoms with van der Waals surface area (Å²) in [6.07, 6.45) is 1.54. The molecule has 0 unspecified atom stereocenters. The summed E-state index contributed by atoms with van der Waals surface area (Å²) >= 11 is 5.74. The van der Waals surface area contributed by atoms with Crippen molar-refractivity contribution in [1.82, 2.24) is 4.98 Å². The topological polar surface area (TPSA) is 91.3 Å². The highest BCUT2D eigenvalue weighted by Crippen LogP contribution is 2.33. The van der Waals surface area contributed by atoms with Crippen LogP contribution in [-0.4, -0.2) is 9.91 Å². The van der Waals surface area contributed by atoms with E-state index in [0.29, 0.717) is 0 Å². The average molecular weight is 294 g/mol. The van der Waals surface area contributed by atoms with E-state index in [4.69, 9.17) is 22.1 Å². The number of nitrogens with zero attached hydrogens (tertiary/aromatic N) is 2. The van der Waals surface area contributed by atoms with Crippen LogP contribution < -0.4 is 10.5 Å². The Morgan fingerprint density at radius 3 is 2.80 bits per heavy atom. The number of rotatable bonds is 4. The Balaban J connectivity index is 2.35. The lowest BCUT2D eigenvalue weighted by Gasteiger charge is -2.09. The molecule has 1 aromatic carbocycles. The molecule has 6 nitrogen and oxygen atoms in total. The van der Waals surface area contributed by atoms with Crippen LogP contribution in [0.1, 0.15) is 18.5 Å². The summed E-state index contributed by atoms with van der Waals surface area (Å²) in [6, 6.07) is 7.39. The largest absolute Gasteiger partial charge is 0.432 e. The van der Waals surface area contributed by atoms with Gasteiger partial charge in [-0.05, 0) is 30.7 Å². The highest BCUT2D eigenvalue weighted by molar-refractivity contribution is 6.30. The van der Waals surface area contributed by atoms with E-state index < -0.39 is 4.92 Å². The molecule has 2 aromatic rings. The van der Waals surface area contributed by atoms with Crippen LogP contribution in [0.4, 0.5) is 5.69 Å². The van der Waals surface area contributed by atoms with E-state index >= 15 is 0 Å². The summed E-state index contributed by atoms with van der Waals surface area (Å²) in [4.78, 5) is 14.4. The third kappa shape index (κ3) is 3.23. The molecule has 1 heterocycles. The van der Waals surface area contributed by atoms with Crippen LogP contribution in [0.25, 0.3) is 0 Å². The molecule has 2 rings (SSSR count). The molecule has 0 amide bonds. The minimum atomic E-state index is -0.559. The number of ether oxygens (including phenoxy) is 1. The van der Waals surface area contributed by atoms with E-state index in [9.17, 15) is 10.1 Å². The maximum atomic E-state index is 11.0. The molecule has 104 valence electrons. The van der Waals surface area contributed by atoms with Crippen molar-refractivity contribution in [2.75, 3.05) is 0 Å². The Labute approximate surface area is 120 Å². The first-order valence-corrected chi connectivity index (χ1v) is 6.18. The molecule has 0 saturated heterocycles. The summed E-state index contributed by atoms with van der Waals surface area (Å²) in [5.41, 5.74) is 6.37. The fraction of sp³-hybridized carbons (Fsp3) is 0.154. The first kappa shape index (κ1) is 14.2. The van der Waals surface area contributed by atoms with E-state index in [1.807, 2.05) is 6.92 Å². The van der Waals surface area contributed by atoms with Crippen LogP contribution in [0.3, 0.4) is 0 Å². The van der Waals surface area contributed by atoms with Crippen molar-refractivity contribution in [3.05, 3.63) is 57.2 Å². The van der Waals surface area contributed by atoms with Gasteiger partial charge in [-0.2, -0.15) is 0 Å². The van der Waals surface area contributed by atoms with Crippen LogP contribution in [0, 0.1) is 10.1 Å². The number of nitro groups is 1. The maximum Gasteiger partial charge on any atom is 0.313 e. The summed E-state index contributed by atoms with van der Waals surface area (Å²) in [5.74, 6) is 0.318.